The molecule has 18 aromatic rings. The van der Waals surface area contributed by atoms with Gasteiger partial charge >= 0.3 is 0 Å². The van der Waals surface area contributed by atoms with Gasteiger partial charge in [-0.15, -0.1) is 0 Å². The molecule has 0 aromatic heterocycles. The van der Waals surface area contributed by atoms with Gasteiger partial charge in [0.05, 0.1) is 22.7 Å². The van der Waals surface area contributed by atoms with Gasteiger partial charge in [0, 0.05) is 56.1 Å². The Morgan fingerprint density at radius 2 is 0.461 bits per heavy atom. The molecule has 3 heterocycles. The summed E-state index contributed by atoms with van der Waals surface area (Å²) < 4.78 is 0. The van der Waals surface area contributed by atoms with Crippen LogP contribution in [0.4, 0.5) is 51.2 Å². The van der Waals surface area contributed by atoms with E-state index < -0.39 is 5.41 Å². The highest BCUT2D eigenvalue weighted by atomic mass is 15.2. The maximum Gasteiger partial charge on any atom is 0.252 e. The number of fused-ring (bicyclic) bond motifs is 6. The van der Waals surface area contributed by atoms with Gasteiger partial charge in [0.2, 0.25) is 0 Å². The topological polar surface area (TPSA) is 9.72 Å². The molecule has 0 saturated heterocycles. The Kier molecular flexibility index (Phi) is 17.0. The monoisotopic (exact) mass is 1460 g/mol. The molecule has 0 bridgehead atoms. The molecule has 18 aromatic carbocycles. The molecular formula is C111H78BN3. The molecule has 3 aliphatic rings. The molecule has 0 N–H and O–H groups in total. The van der Waals surface area contributed by atoms with E-state index in [1.54, 1.807) is 0 Å². The number of rotatable bonds is 14. The van der Waals surface area contributed by atoms with E-state index in [9.17, 15) is 0 Å². The molecule has 0 fully saturated rings. The van der Waals surface area contributed by atoms with Crippen LogP contribution in [0.25, 0.3) is 122 Å². The molecule has 21 rings (SSSR count). The van der Waals surface area contributed by atoms with Gasteiger partial charge in [0.1, 0.15) is 0 Å². The third-order valence-electron chi connectivity index (χ3n) is 24.0. The number of hydrogen-bond acceptors (Lipinski definition) is 3. The van der Waals surface area contributed by atoms with Gasteiger partial charge in [0.25, 0.3) is 6.71 Å². The minimum absolute atomic E-state index is 0.306. The fourth-order valence-corrected chi connectivity index (χ4v) is 18.5. The number of nitrogens with zero attached hydrogens (tertiary/aromatic N) is 3. The van der Waals surface area contributed by atoms with Crippen LogP contribution in [0.2, 0.25) is 0 Å². The second-order valence-corrected chi connectivity index (χ2v) is 31.0. The Hall–Kier alpha value is -14.6. The van der Waals surface area contributed by atoms with Crippen molar-refractivity contribution in [2.45, 2.75) is 19.3 Å². The van der Waals surface area contributed by atoms with Crippen molar-refractivity contribution in [3.05, 3.63) is 448 Å². The summed E-state index contributed by atoms with van der Waals surface area (Å²) in [7, 11) is 0. The Morgan fingerprint density at radius 3 is 0.826 bits per heavy atom. The third kappa shape index (κ3) is 12.1. The number of benzene rings is 18. The molecule has 0 amide bonds. The minimum atomic E-state index is -0.406. The van der Waals surface area contributed by atoms with Crippen molar-refractivity contribution in [3.8, 4) is 122 Å². The van der Waals surface area contributed by atoms with Crippen LogP contribution in [0.3, 0.4) is 0 Å². The third-order valence-corrected chi connectivity index (χ3v) is 24.0. The predicted octanol–water partition coefficient (Wildman–Crippen LogP) is 28.2. The van der Waals surface area contributed by atoms with Crippen LogP contribution in [-0.4, -0.2) is 6.71 Å². The van der Waals surface area contributed by atoms with Crippen molar-refractivity contribution in [2.24, 2.45) is 0 Å². The van der Waals surface area contributed by atoms with Crippen molar-refractivity contribution in [3.63, 3.8) is 0 Å². The van der Waals surface area contributed by atoms with Crippen molar-refractivity contribution < 1.29 is 0 Å². The average Bonchev–Trinajstić information content (AvgIpc) is 0.687. The highest BCUT2D eigenvalue weighted by Crippen LogP contribution is 2.57. The van der Waals surface area contributed by atoms with Crippen LogP contribution in [-0.2, 0) is 5.41 Å². The van der Waals surface area contributed by atoms with E-state index in [2.05, 4.69) is 465 Å². The lowest BCUT2D eigenvalue weighted by Gasteiger charge is -2.46. The second-order valence-electron chi connectivity index (χ2n) is 31.0. The fourth-order valence-electron chi connectivity index (χ4n) is 18.5. The van der Waals surface area contributed by atoms with Crippen LogP contribution < -0.4 is 31.1 Å². The SMILES string of the molecule is CC1(C)c2ccccc2N(c2ccccc2)c2ccc(-c3cc4c5c(c3)N(c3c(-c6cccc(-c7ccccc7)c6)cccc3-c3cccc(-c6ccccc6)c3)c3ccc(-c6ccccc6)cc3B5c3cc(-c5ccccc5)ccc3N4c3c(-c4cccc(-c5ccccc5)c4)cccc3-c3cccc(-c4ccccc4)c3)cc21. The molecule has 3 nitrogen and oxygen atoms in total. The first-order valence-electron chi connectivity index (χ1n) is 40.0. The van der Waals surface area contributed by atoms with Crippen LogP contribution in [0.15, 0.2) is 437 Å². The van der Waals surface area contributed by atoms with Crippen LogP contribution in [0.1, 0.15) is 25.0 Å². The van der Waals surface area contributed by atoms with E-state index in [0.717, 1.165) is 168 Å². The maximum atomic E-state index is 2.71. The maximum absolute atomic E-state index is 2.71. The zero-order chi connectivity index (χ0) is 76.5. The number of anilines is 9. The summed E-state index contributed by atoms with van der Waals surface area (Å²) in [5.74, 6) is 0. The highest BCUT2D eigenvalue weighted by molar-refractivity contribution is 7.00. The summed E-state index contributed by atoms with van der Waals surface area (Å²) in [5.41, 5.74) is 40.7. The molecule has 0 aliphatic carbocycles. The van der Waals surface area contributed by atoms with Gasteiger partial charge in [-0.25, -0.2) is 0 Å². The largest absolute Gasteiger partial charge is 0.310 e. The molecule has 0 unspecified atom stereocenters. The second kappa shape index (κ2) is 28.6. The van der Waals surface area contributed by atoms with Crippen LogP contribution in [0, 0.1) is 0 Å². The lowest BCUT2D eigenvalue weighted by Crippen LogP contribution is -2.61. The Labute approximate surface area is 674 Å². The first kappa shape index (κ1) is 68.5. The van der Waals surface area contributed by atoms with Gasteiger partial charge in [-0.05, 0) is 207 Å². The van der Waals surface area contributed by atoms with Crippen molar-refractivity contribution in [2.75, 3.05) is 14.7 Å². The normalized spacial score (nSPS) is 12.8. The van der Waals surface area contributed by atoms with Gasteiger partial charge in [-0.1, -0.05) is 372 Å². The molecule has 0 saturated carbocycles. The molecule has 0 spiro atoms. The molecule has 115 heavy (non-hydrogen) atoms. The summed E-state index contributed by atoms with van der Waals surface area (Å²) in [6.07, 6.45) is 0. The lowest BCUT2D eigenvalue weighted by molar-refractivity contribution is 0.632. The van der Waals surface area contributed by atoms with E-state index in [4.69, 9.17) is 0 Å². The van der Waals surface area contributed by atoms with Gasteiger partial charge in [-0.2, -0.15) is 0 Å². The Balaban J connectivity index is 0.923. The molecule has 3 aliphatic heterocycles. The van der Waals surface area contributed by atoms with Gasteiger partial charge in [0.15, 0.2) is 0 Å². The van der Waals surface area contributed by atoms with E-state index in [1.165, 1.54) is 33.2 Å². The first-order chi connectivity index (χ1) is 56.8. The van der Waals surface area contributed by atoms with Crippen LogP contribution >= 0.6 is 0 Å². The first-order valence-corrected chi connectivity index (χ1v) is 40.0. The summed E-state index contributed by atoms with van der Waals surface area (Å²) in [6, 6.07) is 163. The van der Waals surface area contributed by atoms with E-state index in [0.29, 0.717) is 0 Å². The van der Waals surface area contributed by atoms with Crippen molar-refractivity contribution >= 4 is 74.3 Å². The number of hydrogen-bond donors (Lipinski definition) is 0. The lowest BCUT2D eigenvalue weighted by atomic mass is 9.33. The number of para-hydroxylation sites is 4. The van der Waals surface area contributed by atoms with Crippen molar-refractivity contribution in [1.29, 1.82) is 0 Å². The fraction of sp³-hybridized carbons (Fsp3) is 0.0270. The quantitative estimate of drug-likeness (QED) is 0.100. The smallest absolute Gasteiger partial charge is 0.252 e. The standard InChI is InChI=1S/C111H78BN3/c1-111(2)98-58-24-25-59-102(98)113(93-52-22-9-23-53-93)103-63-60-85(70-99(103)111)92-73-106-108-107(74-92)115(110-96(90-50-28-46-83(68-90)77-36-14-5-15-37-77)56-31-57-97(110)91-51-29-47-84(69-91)78-38-16-6-17-39-78)105-65-62-87(80-42-20-8-21-43-80)72-101(105)112(108)100-71-86(79-40-18-7-19-41-79)61-64-104(100)114(106)109-94(88-48-26-44-81(66-88)75-32-10-3-11-33-75)54-30-55-95(109)89-49-27-45-82(67-89)76-34-12-4-13-35-76/h3-74H,1-2H3. The van der Waals surface area contributed by atoms with E-state index in [-0.39, 0.29) is 6.71 Å². The summed E-state index contributed by atoms with van der Waals surface area (Å²) in [4.78, 5) is 7.89. The summed E-state index contributed by atoms with van der Waals surface area (Å²) in [6.45, 7) is 4.52. The predicted molar refractivity (Wildman–Crippen MR) is 487 cm³/mol. The molecule has 540 valence electrons. The Bertz CT molecular complexity index is 6210. The van der Waals surface area contributed by atoms with Gasteiger partial charge < -0.3 is 14.7 Å². The van der Waals surface area contributed by atoms with Gasteiger partial charge in [-0.3, -0.25) is 0 Å². The molecular weight excluding hydrogens is 1390 g/mol. The van der Waals surface area contributed by atoms with Crippen molar-refractivity contribution in [1.82, 2.24) is 0 Å². The average molecular weight is 1460 g/mol. The van der Waals surface area contributed by atoms with E-state index in [1.807, 2.05) is 0 Å². The highest BCUT2D eigenvalue weighted by Gasteiger charge is 2.46. The van der Waals surface area contributed by atoms with Crippen LogP contribution in [0.5, 0.6) is 0 Å². The molecule has 0 atom stereocenters. The van der Waals surface area contributed by atoms with E-state index >= 15 is 0 Å². The Morgan fingerprint density at radius 1 is 0.183 bits per heavy atom. The molecule has 4 heteroatoms. The zero-order valence-corrected chi connectivity index (χ0v) is 64.0. The summed E-state index contributed by atoms with van der Waals surface area (Å²) >= 11 is 0. The zero-order valence-electron chi connectivity index (χ0n) is 64.0. The summed E-state index contributed by atoms with van der Waals surface area (Å²) in [5, 5.41) is 0. The minimum Gasteiger partial charge on any atom is -0.310 e. The molecule has 0 radical (unpaired) electrons.